The molecule has 1 unspecified atom stereocenters. The number of anilines is 1. The number of hydrogen-bond donors (Lipinski definition) is 3. The monoisotopic (exact) mass is 391 g/mol. The number of nitrogens with zero attached hydrogens (tertiary/aromatic N) is 2. The topological polar surface area (TPSA) is 98.7 Å². The van der Waals surface area contributed by atoms with Crippen LogP contribution in [0, 0.1) is 0 Å². The van der Waals surface area contributed by atoms with Crippen LogP contribution < -0.4 is 10.6 Å². The number of hydrogen-bond acceptors (Lipinski definition) is 5. The van der Waals surface area contributed by atoms with Crippen molar-refractivity contribution in [1.82, 2.24) is 10.3 Å². The molecule has 0 saturated carbocycles. The van der Waals surface area contributed by atoms with Gasteiger partial charge in [0.25, 0.3) is 0 Å². The number of amidine groups is 1. The fourth-order valence-corrected chi connectivity index (χ4v) is 3.76. The van der Waals surface area contributed by atoms with Crippen LogP contribution in [-0.4, -0.2) is 33.4 Å². The van der Waals surface area contributed by atoms with E-state index in [-0.39, 0.29) is 18.2 Å². The number of aromatic nitrogens is 1. The Morgan fingerprint density at radius 2 is 1.93 bits per heavy atom. The molecule has 2 heterocycles. The van der Waals surface area contributed by atoms with E-state index in [1.807, 2.05) is 48.7 Å². The van der Waals surface area contributed by atoms with Crippen LogP contribution in [-0.2, 0) is 9.59 Å². The maximum Gasteiger partial charge on any atom is 0.240 e. The molecule has 4 rings (SSSR count). The highest BCUT2D eigenvalue weighted by molar-refractivity contribution is 8.15. The minimum atomic E-state index is -0.522. The largest absolute Gasteiger partial charge is 0.361 e. The van der Waals surface area contributed by atoms with Crippen LogP contribution in [0.4, 0.5) is 5.69 Å². The molecule has 1 aromatic heterocycles. The van der Waals surface area contributed by atoms with Crippen molar-refractivity contribution in [2.75, 3.05) is 5.32 Å². The minimum Gasteiger partial charge on any atom is -0.361 e. The van der Waals surface area contributed by atoms with E-state index in [2.05, 4.69) is 25.8 Å². The average molecular weight is 391 g/mol. The Kier molecular flexibility index (Phi) is 5.20. The molecule has 2 amide bonds. The molecule has 1 saturated heterocycles. The van der Waals surface area contributed by atoms with Gasteiger partial charge in [0.1, 0.15) is 5.25 Å². The predicted octanol–water partition coefficient (Wildman–Crippen LogP) is 3.12. The number of H-pyrrole nitrogens is 1. The van der Waals surface area contributed by atoms with E-state index in [0.717, 1.165) is 16.5 Å². The number of fused-ring (bicyclic) bond motifs is 1. The second kappa shape index (κ2) is 8.10. The van der Waals surface area contributed by atoms with Gasteiger partial charge >= 0.3 is 0 Å². The number of nitrogens with one attached hydrogen (secondary N) is 3. The molecule has 7 nitrogen and oxygen atoms in total. The summed E-state index contributed by atoms with van der Waals surface area (Å²) in [5, 5.41) is 14.5. The van der Waals surface area contributed by atoms with Crippen LogP contribution in [0.15, 0.2) is 71.0 Å². The smallest absolute Gasteiger partial charge is 0.240 e. The molecule has 3 aromatic rings. The first-order valence-corrected chi connectivity index (χ1v) is 9.56. The molecule has 1 fully saturated rings. The van der Waals surface area contributed by atoms with E-state index in [9.17, 15) is 9.59 Å². The Morgan fingerprint density at radius 3 is 2.79 bits per heavy atom. The first kappa shape index (κ1) is 18.0. The number of amides is 2. The molecular weight excluding hydrogens is 374 g/mol. The Morgan fingerprint density at radius 1 is 1.14 bits per heavy atom. The van der Waals surface area contributed by atoms with Gasteiger partial charge in [-0.2, -0.15) is 5.10 Å². The number of rotatable bonds is 5. The van der Waals surface area contributed by atoms with Crippen molar-refractivity contribution in [2.24, 2.45) is 10.2 Å². The Labute approximate surface area is 165 Å². The zero-order chi connectivity index (χ0) is 19.3. The molecule has 3 N–H and O–H groups in total. The lowest BCUT2D eigenvalue weighted by Gasteiger charge is -2.06. The summed E-state index contributed by atoms with van der Waals surface area (Å²) in [6.45, 7) is 0. The van der Waals surface area contributed by atoms with Crippen molar-refractivity contribution in [1.29, 1.82) is 0 Å². The first-order valence-electron chi connectivity index (χ1n) is 8.68. The quantitative estimate of drug-likeness (QED) is 0.460. The lowest BCUT2D eigenvalue weighted by molar-refractivity contribution is -0.122. The van der Waals surface area contributed by atoms with Gasteiger partial charge in [0.2, 0.25) is 11.8 Å². The standard InChI is InChI=1S/C20H17N5O2S/c26-18(23-14-6-2-1-3-7-14)10-17-19(27)24-20(28-17)25-22-12-13-11-21-16-9-5-4-8-15(13)16/h1-9,11-12,17,21H,10H2,(H,23,26)(H,24,25,27). The summed E-state index contributed by atoms with van der Waals surface area (Å²) in [6.07, 6.45) is 3.55. The van der Waals surface area contributed by atoms with Gasteiger partial charge in [-0.3, -0.25) is 9.59 Å². The third-order valence-electron chi connectivity index (χ3n) is 4.17. The van der Waals surface area contributed by atoms with E-state index in [1.165, 1.54) is 11.8 Å². The molecule has 2 aromatic carbocycles. The highest BCUT2D eigenvalue weighted by atomic mass is 32.2. The van der Waals surface area contributed by atoms with Crippen molar-refractivity contribution in [3.8, 4) is 0 Å². The first-order chi connectivity index (χ1) is 13.7. The van der Waals surface area contributed by atoms with Gasteiger partial charge in [-0.25, -0.2) is 0 Å². The molecule has 28 heavy (non-hydrogen) atoms. The average Bonchev–Trinajstić information content (AvgIpc) is 3.26. The number of aromatic amines is 1. The van der Waals surface area contributed by atoms with Crippen LogP contribution in [0.3, 0.4) is 0 Å². The summed E-state index contributed by atoms with van der Waals surface area (Å²) in [6, 6.07) is 17.0. The summed E-state index contributed by atoms with van der Waals surface area (Å²) in [5.41, 5.74) is 2.63. The SMILES string of the molecule is O=C(CC1SC(=NN=Cc2c[nH]c3ccccc23)NC1=O)Nc1ccccc1. The van der Waals surface area contributed by atoms with E-state index >= 15 is 0 Å². The maximum atomic E-state index is 12.1. The Hall–Kier alpha value is -3.39. The number of para-hydroxylation sites is 2. The highest BCUT2D eigenvalue weighted by Crippen LogP contribution is 2.23. The van der Waals surface area contributed by atoms with Gasteiger partial charge in [0, 0.05) is 34.8 Å². The third kappa shape index (κ3) is 4.12. The molecule has 8 heteroatoms. The third-order valence-corrected chi connectivity index (χ3v) is 5.24. The fraction of sp³-hybridized carbons (Fsp3) is 0.100. The van der Waals surface area contributed by atoms with Crippen LogP contribution >= 0.6 is 11.8 Å². The van der Waals surface area contributed by atoms with E-state index in [1.54, 1.807) is 18.3 Å². The highest BCUT2D eigenvalue weighted by Gasteiger charge is 2.32. The molecule has 140 valence electrons. The molecular formula is C20H17N5O2S. The van der Waals surface area contributed by atoms with Gasteiger partial charge in [-0.1, -0.05) is 48.2 Å². The van der Waals surface area contributed by atoms with Crippen molar-refractivity contribution in [2.45, 2.75) is 11.7 Å². The van der Waals surface area contributed by atoms with Crippen LogP contribution in [0.5, 0.6) is 0 Å². The van der Waals surface area contributed by atoms with Gasteiger partial charge < -0.3 is 15.6 Å². The van der Waals surface area contributed by atoms with E-state index in [4.69, 9.17) is 0 Å². The molecule has 0 bridgehead atoms. The van der Waals surface area contributed by atoms with Crippen molar-refractivity contribution >= 4 is 51.5 Å². The molecule has 0 spiro atoms. The van der Waals surface area contributed by atoms with Gasteiger partial charge in [-0.05, 0) is 18.2 Å². The second-order valence-electron chi connectivity index (χ2n) is 6.15. The van der Waals surface area contributed by atoms with Crippen LogP contribution in [0.25, 0.3) is 10.9 Å². The summed E-state index contributed by atoms with van der Waals surface area (Å²) in [7, 11) is 0. The Bertz CT molecular complexity index is 1070. The summed E-state index contributed by atoms with van der Waals surface area (Å²) in [4.78, 5) is 27.4. The zero-order valence-electron chi connectivity index (χ0n) is 14.8. The van der Waals surface area contributed by atoms with Crippen molar-refractivity contribution in [3.05, 3.63) is 66.4 Å². The normalized spacial score (nSPS) is 18.1. The number of thioether (sulfide) groups is 1. The van der Waals surface area contributed by atoms with Crippen LogP contribution in [0.1, 0.15) is 12.0 Å². The fourth-order valence-electron chi connectivity index (χ4n) is 2.83. The molecule has 1 aliphatic rings. The number of carbonyl (C=O) groups is 2. The van der Waals surface area contributed by atoms with Crippen LogP contribution in [0.2, 0.25) is 0 Å². The van der Waals surface area contributed by atoms with Crippen molar-refractivity contribution < 1.29 is 9.59 Å². The minimum absolute atomic E-state index is 0.0660. The van der Waals surface area contributed by atoms with Gasteiger partial charge in [0.05, 0.1) is 6.21 Å². The molecule has 1 atom stereocenters. The lowest BCUT2D eigenvalue weighted by Crippen LogP contribution is -2.28. The van der Waals surface area contributed by atoms with E-state index < -0.39 is 5.25 Å². The summed E-state index contributed by atoms with van der Waals surface area (Å²) in [5.74, 6) is -0.461. The predicted molar refractivity (Wildman–Crippen MR) is 113 cm³/mol. The molecule has 0 aliphatic carbocycles. The van der Waals surface area contributed by atoms with Gasteiger partial charge in [-0.15, -0.1) is 5.10 Å². The van der Waals surface area contributed by atoms with E-state index in [0.29, 0.717) is 10.9 Å². The Balaban J connectivity index is 1.36. The summed E-state index contributed by atoms with van der Waals surface area (Å²) >= 11 is 1.21. The second-order valence-corrected chi connectivity index (χ2v) is 7.34. The van der Waals surface area contributed by atoms with Gasteiger partial charge in [0.15, 0.2) is 5.17 Å². The number of benzene rings is 2. The zero-order valence-corrected chi connectivity index (χ0v) is 15.6. The molecule has 1 aliphatic heterocycles. The maximum absolute atomic E-state index is 12.1. The summed E-state index contributed by atoms with van der Waals surface area (Å²) < 4.78 is 0. The number of carbonyl (C=O) groups excluding carboxylic acids is 2. The molecule has 0 radical (unpaired) electrons. The lowest BCUT2D eigenvalue weighted by atomic mass is 10.2. The van der Waals surface area contributed by atoms with Crippen molar-refractivity contribution in [3.63, 3.8) is 0 Å².